The lowest BCUT2D eigenvalue weighted by Gasteiger charge is -1.94. The first kappa shape index (κ1) is 7.49. The molecule has 4 heteroatoms. The molecule has 0 saturated heterocycles. The topological polar surface area (TPSA) is 45.8 Å². The maximum Gasteiger partial charge on any atom is 0.248 e. The van der Waals surface area contributed by atoms with Crippen LogP contribution in [0.4, 0.5) is 0 Å². The summed E-state index contributed by atoms with van der Waals surface area (Å²) in [5.41, 5.74) is 0.681. The molecule has 0 bridgehead atoms. The Morgan fingerprint density at radius 1 is 1.42 bits per heavy atom. The number of nitrogens with one attached hydrogen (secondary N) is 1. The van der Waals surface area contributed by atoms with E-state index in [4.69, 9.17) is 0 Å². The first-order chi connectivity index (χ1) is 5.75. The number of aromatic nitrogens is 2. The number of aromatic amines is 1. The molecule has 0 amide bonds. The summed E-state index contributed by atoms with van der Waals surface area (Å²) < 4.78 is 0.876. The van der Waals surface area contributed by atoms with Gasteiger partial charge in [0.25, 0.3) is 0 Å². The van der Waals surface area contributed by atoms with E-state index in [1.165, 1.54) is 6.07 Å². The summed E-state index contributed by atoms with van der Waals surface area (Å²) in [6, 6.07) is 3.38. The van der Waals surface area contributed by atoms with Crippen molar-refractivity contribution < 1.29 is 0 Å². The van der Waals surface area contributed by atoms with Crippen LogP contribution in [0.1, 0.15) is 0 Å². The van der Waals surface area contributed by atoms with Gasteiger partial charge < -0.3 is 4.98 Å². The number of hydrogen-bond acceptors (Lipinski definition) is 2. The fourth-order valence-corrected chi connectivity index (χ4v) is 1.37. The molecular formula is C8H5BrN2O. The molecule has 0 aliphatic rings. The van der Waals surface area contributed by atoms with Gasteiger partial charge >= 0.3 is 0 Å². The van der Waals surface area contributed by atoms with Crippen molar-refractivity contribution in [1.82, 2.24) is 9.97 Å². The molecule has 0 unspecified atom stereocenters. The predicted octanol–water partition coefficient (Wildman–Crippen LogP) is 1.69. The van der Waals surface area contributed by atoms with E-state index in [2.05, 4.69) is 25.9 Å². The zero-order valence-corrected chi connectivity index (χ0v) is 7.63. The normalized spacial score (nSPS) is 10.4. The zero-order chi connectivity index (χ0) is 8.55. The third-order valence-corrected chi connectivity index (χ3v) is 1.99. The van der Waals surface area contributed by atoms with E-state index >= 15 is 0 Å². The molecule has 12 heavy (non-hydrogen) atoms. The summed E-state index contributed by atoms with van der Waals surface area (Å²) in [6.45, 7) is 0. The van der Waals surface area contributed by atoms with E-state index in [1.807, 2.05) is 6.07 Å². The molecule has 3 nitrogen and oxygen atoms in total. The minimum atomic E-state index is -0.109. The number of pyridine rings is 2. The van der Waals surface area contributed by atoms with Gasteiger partial charge in [0.05, 0.1) is 5.52 Å². The van der Waals surface area contributed by atoms with Gasteiger partial charge in [0.1, 0.15) is 0 Å². The van der Waals surface area contributed by atoms with Gasteiger partial charge in [0, 0.05) is 28.3 Å². The van der Waals surface area contributed by atoms with Crippen LogP contribution < -0.4 is 5.56 Å². The van der Waals surface area contributed by atoms with Crippen molar-refractivity contribution in [3.05, 3.63) is 39.4 Å². The van der Waals surface area contributed by atoms with Gasteiger partial charge in [-0.25, -0.2) is 0 Å². The molecule has 0 atom stereocenters. The smallest absolute Gasteiger partial charge is 0.248 e. The maximum absolute atomic E-state index is 10.9. The standard InChI is InChI=1S/C8H5BrN2O/c9-6-1-5-2-8(12)11-4-7(5)10-3-6/h1-4H,(H,11,12). The second kappa shape index (κ2) is 2.71. The monoisotopic (exact) mass is 224 g/mol. The minimum absolute atomic E-state index is 0.109. The van der Waals surface area contributed by atoms with Gasteiger partial charge in [-0.15, -0.1) is 0 Å². The van der Waals surface area contributed by atoms with Crippen LogP contribution in [0.25, 0.3) is 10.9 Å². The third kappa shape index (κ3) is 1.25. The van der Waals surface area contributed by atoms with Crippen LogP contribution in [-0.2, 0) is 0 Å². The number of hydrogen-bond donors (Lipinski definition) is 1. The van der Waals surface area contributed by atoms with Crippen LogP contribution in [0.3, 0.4) is 0 Å². The second-order valence-electron chi connectivity index (χ2n) is 2.43. The Labute approximate surface area is 76.6 Å². The molecule has 0 radical (unpaired) electrons. The van der Waals surface area contributed by atoms with E-state index in [0.29, 0.717) is 0 Å². The van der Waals surface area contributed by atoms with Crippen LogP contribution >= 0.6 is 15.9 Å². The highest BCUT2D eigenvalue weighted by molar-refractivity contribution is 9.10. The minimum Gasteiger partial charge on any atom is -0.327 e. The number of rotatable bonds is 0. The molecule has 0 fully saturated rings. The summed E-state index contributed by atoms with van der Waals surface area (Å²) in [5, 5.41) is 0.841. The number of fused-ring (bicyclic) bond motifs is 1. The van der Waals surface area contributed by atoms with E-state index in [9.17, 15) is 4.79 Å². The van der Waals surface area contributed by atoms with Crippen molar-refractivity contribution in [1.29, 1.82) is 0 Å². The van der Waals surface area contributed by atoms with E-state index in [0.717, 1.165) is 15.4 Å². The molecule has 0 spiro atoms. The summed E-state index contributed by atoms with van der Waals surface area (Å²) in [7, 11) is 0. The summed E-state index contributed by atoms with van der Waals surface area (Å²) >= 11 is 3.28. The molecule has 2 heterocycles. The molecule has 1 N–H and O–H groups in total. The van der Waals surface area contributed by atoms with Crippen LogP contribution in [0.5, 0.6) is 0 Å². The Bertz CT molecular complexity index is 478. The van der Waals surface area contributed by atoms with E-state index in [1.54, 1.807) is 12.4 Å². The summed E-state index contributed by atoms with van der Waals surface area (Å²) in [6.07, 6.45) is 3.30. The Hall–Kier alpha value is -1.16. The van der Waals surface area contributed by atoms with Crippen molar-refractivity contribution in [2.45, 2.75) is 0 Å². The van der Waals surface area contributed by atoms with Gasteiger partial charge in [0.2, 0.25) is 5.56 Å². The van der Waals surface area contributed by atoms with Gasteiger partial charge in [-0.2, -0.15) is 0 Å². The lowest BCUT2D eigenvalue weighted by Crippen LogP contribution is -2.01. The van der Waals surface area contributed by atoms with Crippen LogP contribution in [0.2, 0.25) is 0 Å². The Morgan fingerprint density at radius 3 is 3.08 bits per heavy atom. The number of halogens is 1. The van der Waals surface area contributed by atoms with Gasteiger partial charge in [-0.1, -0.05) is 0 Å². The fourth-order valence-electron chi connectivity index (χ4n) is 1.02. The molecule has 0 aliphatic carbocycles. The molecule has 2 aromatic heterocycles. The molecule has 0 aliphatic heterocycles. The molecule has 0 saturated carbocycles. The molecule has 2 aromatic rings. The lowest BCUT2D eigenvalue weighted by atomic mass is 10.3. The molecule has 2 rings (SSSR count). The Morgan fingerprint density at radius 2 is 2.25 bits per heavy atom. The highest BCUT2D eigenvalue weighted by atomic mass is 79.9. The van der Waals surface area contributed by atoms with E-state index in [-0.39, 0.29) is 5.56 Å². The SMILES string of the molecule is O=c1cc2cc(Br)cnc2c[nH]1. The largest absolute Gasteiger partial charge is 0.327 e. The van der Waals surface area contributed by atoms with Gasteiger partial charge in [-0.3, -0.25) is 9.78 Å². The van der Waals surface area contributed by atoms with Crippen molar-refractivity contribution in [3.8, 4) is 0 Å². The first-order valence-corrected chi connectivity index (χ1v) is 4.19. The predicted molar refractivity (Wildman–Crippen MR) is 50.1 cm³/mol. The van der Waals surface area contributed by atoms with Crippen LogP contribution in [-0.4, -0.2) is 9.97 Å². The molecule has 0 aromatic carbocycles. The maximum atomic E-state index is 10.9. The second-order valence-corrected chi connectivity index (χ2v) is 3.34. The number of H-pyrrole nitrogens is 1. The third-order valence-electron chi connectivity index (χ3n) is 1.55. The van der Waals surface area contributed by atoms with Crippen LogP contribution in [0, 0.1) is 0 Å². The Kier molecular flexibility index (Phi) is 1.69. The summed E-state index contributed by atoms with van der Waals surface area (Å²) in [5.74, 6) is 0. The number of nitrogens with zero attached hydrogens (tertiary/aromatic N) is 1. The zero-order valence-electron chi connectivity index (χ0n) is 6.04. The van der Waals surface area contributed by atoms with Crippen molar-refractivity contribution >= 4 is 26.8 Å². The Balaban J connectivity index is 2.89. The van der Waals surface area contributed by atoms with Gasteiger partial charge in [0.15, 0.2) is 0 Å². The van der Waals surface area contributed by atoms with Crippen molar-refractivity contribution in [2.75, 3.05) is 0 Å². The quantitative estimate of drug-likeness (QED) is 0.741. The highest BCUT2D eigenvalue weighted by Crippen LogP contribution is 2.13. The fraction of sp³-hybridized carbons (Fsp3) is 0. The van der Waals surface area contributed by atoms with Crippen molar-refractivity contribution in [3.63, 3.8) is 0 Å². The van der Waals surface area contributed by atoms with Crippen molar-refractivity contribution in [2.24, 2.45) is 0 Å². The molecule has 60 valence electrons. The first-order valence-electron chi connectivity index (χ1n) is 3.40. The lowest BCUT2D eigenvalue weighted by molar-refractivity contribution is 1.24. The average Bonchev–Trinajstić information content (AvgIpc) is 2.03. The average molecular weight is 225 g/mol. The van der Waals surface area contributed by atoms with Crippen LogP contribution in [0.15, 0.2) is 33.8 Å². The van der Waals surface area contributed by atoms with E-state index < -0.39 is 0 Å². The van der Waals surface area contributed by atoms with Gasteiger partial charge in [-0.05, 0) is 22.0 Å². The summed E-state index contributed by atoms with van der Waals surface area (Å²) in [4.78, 5) is 17.6. The highest BCUT2D eigenvalue weighted by Gasteiger charge is 1.95. The molecular weight excluding hydrogens is 220 g/mol.